The van der Waals surface area contributed by atoms with Gasteiger partial charge in [-0.05, 0) is 43.4 Å². The van der Waals surface area contributed by atoms with E-state index in [9.17, 15) is 0 Å². The molecule has 3 aromatic rings. The number of rotatable bonds is 1. The molecule has 0 atom stereocenters. The lowest BCUT2D eigenvalue weighted by atomic mass is 9.95. The minimum absolute atomic E-state index is 0.733. The molecule has 0 spiro atoms. The molecule has 3 nitrogen and oxygen atoms in total. The van der Waals surface area contributed by atoms with Crippen molar-refractivity contribution in [2.24, 2.45) is 7.05 Å². The summed E-state index contributed by atoms with van der Waals surface area (Å²) in [6.45, 7) is 0. The third-order valence-corrected chi connectivity index (χ3v) is 5.69. The van der Waals surface area contributed by atoms with E-state index in [1.807, 2.05) is 25.2 Å². The molecule has 0 amide bonds. The molecule has 0 saturated heterocycles. The SMILES string of the molecule is Cn1c(-c2c(N)sc3c2CCCC3)nc2cccc(Cl)c21. The minimum atomic E-state index is 0.733. The van der Waals surface area contributed by atoms with Gasteiger partial charge in [0.25, 0.3) is 0 Å². The lowest BCUT2D eigenvalue weighted by molar-refractivity contribution is 0.697. The molecular weight excluding hydrogens is 302 g/mol. The van der Waals surface area contributed by atoms with E-state index in [1.54, 1.807) is 11.3 Å². The summed E-state index contributed by atoms with van der Waals surface area (Å²) in [7, 11) is 2.02. The number of hydrogen-bond acceptors (Lipinski definition) is 3. The number of aryl methyl sites for hydroxylation is 2. The maximum absolute atomic E-state index is 6.33. The highest BCUT2D eigenvalue weighted by Crippen LogP contribution is 2.43. The number of halogens is 1. The highest BCUT2D eigenvalue weighted by Gasteiger charge is 2.24. The van der Waals surface area contributed by atoms with Gasteiger partial charge < -0.3 is 10.3 Å². The van der Waals surface area contributed by atoms with Crippen LogP contribution in [0.4, 0.5) is 5.00 Å². The summed E-state index contributed by atoms with van der Waals surface area (Å²) in [6, 6.07) is 5.84. The van der Waals surface area contributed by atoms with Crippen LogP contribution in [0, 0.1) is 0 Å². The van der Waals surface area contributed by atoms with Crippen LogP contribution >= 0.6 is 22.9 Å². The van der Waals surface area contributed by atoms with E-state index >= 15 is 0 Å². The second-order valence-electron chi connectivity index (χ2n) is 5.55. The zero-order valence-electron chi connectivity index (χ0n) is 11.8. The molecule has 4 rings (SSSR count). The number of thiophene rings is 1. The maximum atomic E-state index is 6.33. The molecule has 0 radical (unpaired) electrons. The Bertz CT molecular complexity index is 847. The van der Waals surface area contributed by atoms with Crippen LogP contribution in [0.2, 0.25) is 5.02 Å². The van der Waals surface area contributed by atoms with Crippen molar-refractivity contribution in [1.82, 2.24) is 9.55 Å². The summed E-state index contributed by atoms with van der Waals surface area (Å²) in [6.07, 6.45) is 4.76. The van der Waals surface area contributed by atoms with Crippen molar-refractivity contribution in [2.45, 2.75) is 25.7 Å². The minimum Gasteiger partial charge on any atom is -0.390 e. The van der Waals surface area contributed by atoms with Crippen LogP contribution in [0.25, 0.3) is 22.4 Å². The number of para-hydroxylation sites is 1. The summed E-state index contributed by atoms with van der Waals surface area (Å²) in [4.78, 5) is 6.23. The molecule has 0 bridgehead atoms. The van der Waals surface area contributed by atoms with Gasteiger partial charge in [0, 0.05) is 11.9 Å². The first kappa shape index (κ1) is 13.2. The normalized spacial score (nSPS) is 14.6. The van der Waals surface area contributed by atoms with E-state index in [0.29, 0.717) is 0 Å². The van der Waals surface area contributed by atoms with Gasteiger partial charge in [0.1, 0.15) is 5.82 Å². The lowest BCUT2D eigenvalue weighted by Crippen LogP contribution is -2.02. The van der Waals surface area contributed by atoms with Crippen molar-refractivity contribution in [1.29, 1.82) is 0 Å². The van der Waals surface area contributed by atoms with Crippen LogP contribution in [0.5, 0.6) is 0 Å². The van der Waals surface area contributed by atoms with E-state index in [-0.39, 0.29) is 0 Å². The molecule has 5 heteroatoms. The first-order chi connectivity index (χ1) is 10.2. The van der Waals surface area contributed by atoms with Crippen molar-refractivity contribution < 1.29 is 0 Å². The first-order valence-corrected chi connectivity index (χ1v) is 8.37. The molecule has 1 aliphatic rings. The molecule has 2 aromatic heterocycles. The Morgan fingerprint density at radius 2 is 2.10 bits per heavy atom. The van der Waals surface area contributed by atoms with Gasteiger partial charge in [-0.1, -0.05) is 17.7 Å². The summed E-state index contributed by atoms with van der Waals surface area (Å²) in [5, 5.41) is 1.62. The van der Waals surface area contributed by atoms with E-state index in [1.165, 1.54) is 23.3 Å². The molecule has 1 aromatic carbocycles. The third kappa shape index (κ3) is 1.89. The summed E-state index contributed by atoms with van der Waals surface area (Å²) in [5.41, 5.74) is 10.7. The lowest BCUT2D eigenvalue weighted by Gasteiger charge is -2.12. The van der Waals surface area contributed by atoms with Gasteiger partial charge in [-0.25, -0.2) is 4.98 Å². The monoisotopic (exact) mass is 317 g/mol. The maximum Gasteiger partial charge on any atom is 0.144 e. The van der Waals surface area contributed by atoms with Crippen LogP contribution in [0.1, 0.15) is 23.3 Å². The van der Waals surface area contributed by atoms with Gasteiger partial charge in [0.05, 0.1) is 26.6 Å². The Hall–Kier alpha value is -1.52. The number of benzene rings is 1. The number of anilines is 1. The number of aromatic nitrogens is 2. The molecule has 108 valence electrons. The molecular formula is C16H16ClN3S. The fourth-order valence-corrected chi connectivity index (χ4v) is 4.73. The zero-order chi connectivity index (χ0) is 14.6. The molecule has 0 fully saturated rings. The Labute approximate surface area is 132 Å². The van der Waals surface area contributed by atoms with Gasteiger partial charge in [-0.15, -0.1) is 11.3 Å². The van der Waals surface area contributed by atoms with E-state index in [0.717, 1.165) is 45.3 Å². The van der Waals surface area contributed by atoms with Crippen LogP contribution in [-0.2, 0) is 19.9 Å². The van der Waals surface area contributed by atoms with Crippen molar-refractivity contribution >= 4 is 39.0 Å². The second kappa shape index (κ2) is 4.75. The number of fused-ring (bicyclic) bond motifs is 2. The smallest absolute Gasteiger partial charge is 0.144 e. The Balaban J connectivity index is 2.01. The number of nitrogens with zero attached hydrogens (tertiary/aromatic N) is 2. The molecule has 21 heavy (non-hydrogen) atoms. The number of nitrogen functional groups attached to an aromatic ring is 1. The quantitative estimate of drug-likeness (QED) is 0.722. The predicted molar refractivity (Wildman–Crippen MR) is 90.1 cm³/mol. The van der Waals surface area contributed by atoms with Gasteiger partial charge in [-0.2, -0.15) is 0 Å². The first-order valence-electron chi connectivity index (χ1n) is 7.18. The highest BCUT2D eigenvalue weighted by molar-refractivity contribution is 7.16. The van der Waals surface area contributed by atoms with Crippen molar-refractivity contribution in [3.8, 4) is 11.4 Å². The summed E-state index contributed by atoms with van der Waals surface area (Å²) >= 11 is 8.06. The van der Waals surface area contributed by atoms with Gasteiger partial charge in [0.2, 0.25) is 0 Å². The van der Waals surface area contributed by atoms with Crippen LogP contribution in [0.15, 0.2) is 18.2 Å². The third-order valence-electron chi connectivity index (χ3n) is 4.27. The highest BCUT2D eigenvalue weighted by atomic mass is 35.5. The fourth-order valence-electron chi connectivity index (χ4n) is 3.28. The van der Waals surface area contributed by atoms with E-state index in [4.69, 9.17) is 22.3 Å². The topological polar surface area (TPSA) is 43.8 Å². The van der Waals surface area contributed by atoms with Gasteiger partial charge >= 0.3 is 0 Å². The largest absolute Gasteiger partial charge is 0.390 e. The van der Waals surface area contributed by atoms with Crippen LogP contribution in [0.3, 0.4) is 0 Å². The molecule has 2 heterocycles. The van der Waals surface area contributed by atoms with Gasteiger partial charge in [-0.3, -0.25) is 0 Å². The number of imidazole rings is 1. The molecule has 1 aliphatic carbocycles. The van der Waals surface area contributed by atoms with Crippen LogP contribution in [-0.4, -0.2) is 9.55 Å². The number of hydrogen-bond donors (Lipinski definition) is 1. The Kier molecular flexibility index (Phi) is 2.98. The second-order valence-corrected chi connectivity index (χ2v) is 7.10. The molecule has 0 unspecified atom stereocenters. The Morgan fingerprint density at radius 1 is 1.29 bits per heavy atom. The Morgan fingerprint density at radius 3 is 2.90 bits per heavy atom. The van der Waals surface area contributed by atoms with E-state index in [2.05, 4.69) is 4.57 Å². The standard InChI is InChI=1S/C16H16ClN3S/c1-20-14-10(17)6-4-7-11(14)19-16(20)13-9-5-2-3-8-12(9)21-15(13)18/h4,6-7H,2-3,5,8,18H2,1H3. The van der Waals surface area contributed by atoms with Crippen molar-refractivity contribution in [3.05, 3.63) is 33.7 Å². The zero-order valence-corrected chi connectivity index (χ0v) is 13.4. The van der Waals surface area contributed by atoms with Crippen LogP contribution < -0.4 is 5.73 Å². The summed E-state index contributed by atoms with van der Waals surface area (Å²) < 4.78 is 2.07. The van der Waals surface area contributed by atoms with Gasteiger partial charge in [0.15, 0.2) is 0 Å². The number of nitrogens with two attached hydrogens (primary N) is 1. The van der Waals surface area contributed by atoms with Crippen molar-refractivity contribution in [3.63, 3.8) is 0 Å². The molecule has 0 aliphatic heterocycles. The average molecular weight is 318 g/mol. The average Bonchev–Trinajstić information content (AvgIpc) is 2.96. The summed E-state index contributed by atoms with van der Waals surface area (Å²) in [5.74, 6) is 0.940. The molecule has 0 saturated carbocycles. The van der Waals surface area contributed by atoms with Crippen molar-refractivity contribution in [2.75, 3.05) is 5.73 Å². The van der Waals surface area contributed by atoms with E-state index < -0.39 is 0 Å². The predicted octanol–water partition coefficient (Wildman–Crippen LogP) is 4.42. The fraction of sp³-hybridized carbons (Fsp3) is 0.312. The molecule has 2 N–H and O–H groups in total.